The van der Waals surface area contributed by atoms with Crippen molar-refractivity contribution in [1.82, 2.24) is 0 Å². The van der Waals surface area contributed by atoms with Gasteiger partial charge in [-0.2, -0.15) is 0 Å². The normalized spacial score (nSPS) is 11.0. The fourth-order valence-electron chi connectivity index (χ4n) is 14.6. The molecule has 13 rings (SSSR count). The van der Waals surface area contributed by atoms with Crippen molar-refractivity contribution in [3.05, 3.63) is 337 Å². The van der Waals surface area contributed by atoms with Crippen LogP contribution in [0, 0.1) is 96.9 Å². The van der Waals surface area contributed by atoms with Gasteiger partial charge in [0.2, 0.25) is 35.4 Å². The summed E-state index contributed by atoms with van der Waals surface area (Å²) in [5.41, 5.74) is 30.2. The van der Waals surface area contributed by atoms with Crippen molar-refractivity contribution in [2.75, 3.05) is 38.5 Å². The van der Waals surface area contributed by atoms with Gasteiger partial charge in [-0.3, -0.25) is 28.8 Å². The lowest BCUT2D eigenvalue weighted by atomic mass is 10.0. The highest BCUT2D eigenvalue weighted by Crippen LogP contribution is 2.45. The lowest BCUT2D eigenvalue weighted by Gasteiger charge is -2.17. The number of benzene rings is 12. The van der Waals surface area contributed by atoms with Gasteiger partial charge in [0.15, 0.2) is 0 Å². The molecule has 766 valence electrons. The van der Waals surface area contributed by atoms with E-state index in [0.717, 1.165) is 163 Å². The van der Waals surface area contributed by atoms with Crippen LogP contribution >= 0.6 is 95.6 Å². The van der Waals surface area contributed by atoms with Gasteiger partial charge in [0.1, 0.15) is 79.9 Å². The molecule has 0 heterocycles. The molecule has 20 nitrogen and oxygen atoms in total. The average molecular weight is 2340 g/mol. The molecule has 1 saturated carbocycles. The molecule has 0 unspecified atom stereocenters. The first kappa shape index (κ1) is 118. The Morgan fingerprint density at radius 2 is 0.479 bits per heavy atom. The van der Waals surface area contributed by atoms with Crippen LogP contribution in [0.4, 0.5) is 34.1 Å². The molecular formula is C118H138Br6N6O14. The molecule has 0 spiro atoms. The van der Waals surface area contributed by atoms with Gasteiger partial charge >= 0.3 is 0 Å². The summed E-state index contributed by atoms with van der Waals surface area (Å²) < 4.78 is 47.4. The van der Waals surface area contributed by atoms with Gasteiger partial charge in [-0.1, -0.05) is 115 Å². The van der Waals surface area contributed by atoms with Crippen LogP contribution in [0.15, 0.2) is 209 Å². The van der Waals surface area contributed by atoms with Gasteiger partial charge in [0.05, 0.1) is 51.3 Å². The molecule has 0 atom stereocenters. The summed E-state index contributed by atoms with van der Waals surface area (Å²) in [7, 11) is 0. The first-order valence-electron chi connectivity index (χ1n) is 48.7. The zero-order valence-corrected chi connectivity index (χ0v) is 96.5. The molecule has 7 N–H and O–H groups in total. The van der Waals surface area contributed by atoms with E-state index in [4.69, 9.17) is 33.2 Å². The fraction of sp³-hybridized carbons (Fsp3) is 0.339. The number of aliphatic hydroxyl groups is 1. The fourth-order valence-corrected chi connectivity index (χ4v) is 18.1. The average Bonchev–Trinajstić information content (AvgIpc) is 1.62. The molecule has 12 aromatic carbocycles. The third-order valence-corrected chi connectivity index (χ3v) is 28.4. The minimum atomic E-state index is -0.109. The summed E-state index contributed by atoms with van der Waals surface area (Å²) in [4.78, 5) is 70.6. The van der Waals surface area contributed by atoms with Crippen molar-refractivity contribution < 1.29 is 67.0 Å². The number of nitrogens with one attached hydrogen (secondary N) is 6. The van der Waals surface area contributed by atoms with Crippen molar-refractivity contribution in [3.8, 4) is 40.2 Å². The standard InChI is InChI=1S/C21H24BrNO2.C20H24BrNO3.C20H24BrNO2.C19H22BrNO3.2C19H22BrNO2/c1-4-21(24)23-19-7-5-6-16(15-8-9-15)17(19)12-25-20-11-14(3)13(2)10-18(20)22;1-5-20(23)22-17-8-7-9-18(24-6-2)15(17)12-25-19-11-14(4)13(3)10-16(19)21;1-5-15-8-7-9-18(22-20(23)6-2)16(15)12-24-19-11-14(4)13(3)10-17(19)21;1-4-19(23)21-17-7-5-6-14(10-22)15(17)11-24-18-9-13(3)12(2)8-16(18)20;2*1-5-19(22)21-17-8-6-7-12(2)15(17)11-23-18-10-14(4)13(3)9-16(18)20/h5-7,10-11,15H,4,8-9,12H2,1-3H3,(H,23,24);7-11H,5-6,12H2,1-4H3,(H,22,23);7-11H,5-6,12H2,1-4H3,(H,22,23);5-9,22H,4,10-11H2,1-3H3,(H,21,23);2*6-10H,5,11H2,1-4H3,(H,21,22). The number of ether oxygens (including phenoxy) is 7. The second-order valence-corrected chi connectivity index (χ2v) is 40.4. The maximum absolute atomic E-state index is 11.9. The number of aliphatic hydroxyl groups excluding tert-OH is 1. The molecule has 12 aromatic rings. The molecular weight excluding hydrogens is 2200 g/mol. The molecule has 26 heteroatoms. The van der Waals surface area contributed by atoms with Gasteiger partial charge < -0.3 is 70.2 Å². The van der Waals surface area contributed by atoms with E-state index in [9.17, 15) is 33.9 Å². The summed E-state index contributed by atoms with van der Waals surface area (Å²) in [5, 5.41) is 27.3. The second-order valence-electron chi connectivity index (χ2n) is 35.3. The largest absolute Gasteiger partial charge is 0.493 e. The topological polar surface area (TPSA) is 259 Å². The number of anilines is 6. The lowest BCUT2D eigenvalue weighted by Crippen LogP contribution is -2.13. The number of hydrogen-bond donors (Lipinski definition) is 7. The zero-order valence-electron chi connectivity index (χ0n) is 86.9. The van der Waals surface area contributed by atoms with Crippen LogP contribution < -0.4 is 65.1 Å². The summed E-state index contributed by atoms with van der Waals surface area (Å²) in [5.74, 6) is 6.02. The van der Waals surface area contributed by atoms with Gasteiger partial charge in [-0.15, -0.1) is 0 Å². The van der Waals surface area contributed by atoms with E-state index in [-0.39, 0.29) is 48.7 Å². The minimum absolute atomic E-state index is 0.00390. The van der Waals surface area contributed by atoms with E-state index in [0.29, 0.717) is 89.8 Å². The Hall–Kier alpha value is -11.1. The Morgan fingerprint density at radius 3 is 0.750 bits per heavy atom. The molecule has 6 amide bonds. The van der Waals surface area contributed by atoms with Gasteiger partial charge in [0, 0.05) is 94.8 Å². The van der Waals surface area contributed by atoms with E-state index in [1.165, 1.54) is 79.6 Å². The van der Waals surface area contributed by atoms with Crippen LogP contribution in [0.1, 0.15) is 241 Å². The first-order chi connectivity index (χ1) is 68.7. The maximum Gasteiger partial charge on any atom is 0.224 e. The Morgan fingerprint density at radius 1 is 0.257 bits per heavy atom. The SMILES string of the molecule is CCC(=O)Nc1cccc(C)c1COc1cc(C)c(C)cc1Br.CCC(=O)Nc1cccc(C)c1COc1cc(C)c(C)cc1Br.CCC(=O)Nc1cccc(C2CC2)c1COc1cc(C)c(C)cc1Br.CCC(=O)Nc1cccc(CC)c1COc1cc(C)c(C)cc1Br.CCC(=O)Nc1cccc(CO)c1COc1cc(C)c(C)cc1Br.CCOc1cccc(NC(=O)CC)c1COc1cc(C)c(C)cc1Br. The summed E-state index contributed by atoms with van der Waals surface area (Å²) in [6.07, 6.45) is 5.97. The lowest BCUT2D eigenvalue weighted by molar-refractivity contribution is -0.116. The predicted molar refractivity (Wildman–Crippen MR) is 608 cm³/mol. The third kappa shape index (κ3) is 35.7. The number of carbonyl (C=O) groups excluding carboxylic acids is 6. The molecule has 0 aliphatic heterocycles. The molecule has 0 saturated heterocycles. The van der Waals surface area contributed by atoms with E-state index in [2.05, 4.69) is 246 Å². The van der Waals surface area contributed by atoms with Crippen molar-refractivity contribution in [3.63, 3.8) is 0 Å². The summed E-state index contributed by atoms with van der Waals surface area (Å²) >= 11 is 21.3. The van der Waals surface area contributed by atoms with Crippen LogP contribution in [0.3, 0.4) is 0 Å². The smallest absolute Gasteiger partial charge is 0.224 e. The van der Waals surface area contributed by atoms with E-state index < -0.39 is 0 Å². The number of hydrogen-bond acceptors (Lipinski definition) is 14. The van der Waals surface area contributed by atoms with Gasteiger partial charge in [-0.05, 0) is 434 Å². The van der Waals surface area contributed by atoms with Crippen molar-refractivity contribution in [2.24, 2.45) is 0 Å². The monoisotopic (exact) mass is 2340 g/mol. The quantitative estimate of drug-likeness (QED) is 0.0195. The number of aryl methyl sites for hydroxylation is 15. The minimum Gasteiger partial charge on any atom is -0.493 e. The number of carbonyl (C=O) groups is 6. The molecule has 0 radical (unpaired) electrons. The molecule has 1 aliphatic rings. The second kappa shape index (κ2) is 58.9. The molecule has 1 aliphatic carbocycles. The van der Waals surface area contributed by atoms with Crippen LogP contribution in [-0.4, -0.2) is 47.2 Å². The molecule has 0 aromatic heterocycles. The Kier molecular flexibility index (Phi) is 48.3. The van der Waals surface area contributed by atoms with Crippen molar-refractivity contribution in [1.29, 1.82) is 0 Å². The van der Waals surface area contributed by atoms with Crippen LogP contribution in [-0.2, 0) is 81.4 Å². The van der Waals surface area contributed by atoms with Gasteiger partial charge in [-0.25, -0.2) is 0 Å². The van der Waals surface area contributed by atoms with E-state index >= 15 is 0 Å². The Bertz CT molecular complexity index is 6220. The summed E-state index contributed by atoms with van der Waals surface area (Å²) in [6, 6.07) is 59.4. The number of amides is 6. The highest BCUT2D eigenvalue weighted by Gasteiger charge is 2.29. The van der Waals surface area contributed by atoms with E-state index in [1.807, 2.05) is 209 Å². The Labute approximate surface area is 902 Å². The van der Waals surface area contributed by atoms with Crippen molar-refractivity contribution in [2.45, 2.75) is 262 Å². The highest BCUT2D eigenvalue weighted by atomic mass is 79.9. The van der Waals surface area contributed by atoms with E-state index in [1.54, 1.807) is 6.92 Å². The van der Waals surface area contributed by atoms with Gasteiger partial charge in [0.25, 0.3) is 0 Å². The summed E-state index contributed by atoms with van der Waals surface area (Å²) in [6.45, 7) is 46.6. The molecule has 144 heavy (non-hydrogen) atoms. The zero-order chi connectivity index (χ0) is 106. The van der Waals surface area contributed by atoms with Crippen LogP contribution in [0.5, 0.6) is 40.2 Å². The third-order valence-electron chi connectivity index (χ3n) is 24.7. The molecule has 1 fully saturated rings. The first-order valence-corrected chi connectivity index (χ1v) is 53.5. The molecule has 0 bridgehead atoms. The predicted octanol–water partition coefficient (Wildman–Crippen LogP) is 31.9. The number of halogens is 6. The van der Waals surface area contributed by atoms with Crippen LogP contribution in [0.2, 0.25) is 0 Å². The maximum atomic E-state index is 11.9. The van der Waals surface area contributed by atoms with Crippen molar-refractivity contribution >= 4 is 165 Å². The van der Waals surface area contributed by atoms with Crippen LogP contribution in [0.25, 0.3) is 0 Å². The highest BCUT2D eigenvalue weighted by molar-refractivity contribution is 9.11. The number of rotatable bonds is 35. The Balaban J connectivity index is 0.000000211.